The van der Waals surface area contributed by atoms with E-state index in [2.05, 4.69) is 13.8 Å². The second-order valence-electron chi connectivity index (χ2n) is 8.47. The van der Waals surface area contributed by atoms with Crippen LogP contribution in [0.5, 0.6) is 11.5 Å². The number of rotatable bonds is 12. The molecule has 1 amide bonds. The van der Waals surface area contributed by atoms with Gasteiger partial charge in [-0.3, -0.25) is 4.79 Å². The minimum Gasteiger partial charge on any atom is -0.493 e. The predicted octanol–water partition coefficient (Wildman–Crippen LogP) is 3.09. The summed E-state index contributed by atoms with van der Waals surface area (Å²) < 4.78 is 40.0. The Morgan fingerprint density at radius 1 is 1.22 bits per heavy atom. The Morgan fingerprint density at radius 2 is 1.97 bits per heavy atom. The summed E-state index contributed by atoms with van der Waals surface area (Å²) in [5.74, 6) is 0.470. The summed E-state index contributed by atoms with van der Waals surface area (Å²) in [6.45, 7) is 6.76. The zero-order valence-electron chi connectivity index (χ0n) is 19.5. The van der Waals surface area contributed by atoms with Crippen molar-refractivity contribution in [2.45, 2.75) is 52.5 Å². The van der Waals surface area contributed by atoms with E-state index in [9.17, 15) is 18.0 Å². The van der Waals surface area contributed by atoms with Crippen LogP contribution in [0, 0.1) is 5.92 Å². The van der Waals surface area contributed by atoms with E-state index in [1.165, 1.54) is 13.2 Å². The first-order chi connectivity index (χ1) is 15.2. The number of unbranched alkanes of at least 4 members (excludes halogenated alkanes) is 1. The maximum atomic E-state index is 12.7. The van der Waals surface area contributed by atoms with Gasteiger partial charge in [0, 0.05) is 12.6 Å². The number of carbonyl (C=O) groups excluding carboxylic acids is 2. The molecule has 0 aliphatic carbocycles. The van der Waals surface area contributed by atoms with Crippen LogP contribution in [-0.2, 0) is 19.4 Å². The molecule has 1 aliphatic heterocycles. The molecule has 0 spiro atoms. The van der Waals surface area contributed by atoms with Gasteiger partial charge in [-0.2, -0.15) is 0 Å². The van der Waals surface area contributed by atoms with Gasteiger partial charge < -0.3 is 19.1 Å². The van der Waals surface area contributed by atoms with Crippen molar-refractivity contribution in [2.75, 3.05) is 38.4 Å². The van der Waals surface area contributed by atoms with Gasteiger partial charge >= 0.3 is 5.97 Å². The van der Waals surface area contributed by atoms with Crippen molar-refractivity contribution in [2.24, 2.45) is 5.92 Å². The molecule has 2 rings (SSSR count). The van der Waals surface area contributed by atoms with E-state index < -0.39 is 22.4 Å². The average molecular weight is 470 g/mol. The number of sulfone groups is 1. The molecule has 1 unspecified atom stereocenters. The number of amides is 1. The van der Waals surface area contributed by atoms with Gasteiger partial charge in [0.1, 0.15) is 0 Å². The smallest absolute Gasteiger partial charge is 0.338 e. The maximum absolute atomic E-state index is 12.7. The summed E-state index contributed by atoms with van der Waals surface area (Å²) in [4.78, 5) is 26.8. The number of ether oxygens (including phenoxy) is 3. The maximum Gasteiger partial charge on any atom is 0.338 e. The standard InChI is InChI=1S/C23H35NO7S/c1-5-6-11-24(19-10-13-32(27,28)16-19)22(25)15-31-23(26)18-7-8-20(21(14-18)29-4)30-12-9-17(2)3/h7-8,14,17,19H,5-6,9-13,15-16H2,1-4H3. The molecule has 180 valence electrons. The Kier molecular flexibility index (Phi) is 9.81. The molecular formula is C23H35NO7S. The lowest BCUT2D eigenvalue weighted by Gasteiger charge is -2.28. The summed E-state index contributed by atoms with van der Waals surface area (Å²) in [5, 5.41) is 0. The number of hydrogen-bond donors (Lipinski definition) is 0. The van der Waals surface area contributed by atoms with E-state index >= 15 is 0 Å². The largest absolute Gasteiger partial charge is 0.493 e. The van der Waals surface area contributed by atoms with Crippen molar-refractivity contribution in [3.63, 3.8) is 0 Å². The van der Waals surface area contributed by atoms with Crippen LogP contribution in [0.4, 0.5) is 0 Å². The normalized spacial score (nSPS) is 17.2. The molecule has 9 heteroatoms. The second kappa shape index (κ2) is 12.1. The number of benzene rings is 1. The zero-order valence-corrected chi connectivity index (χ0v) is 20.3. The summed E-state index contributed by atoms with van der Waals surface area (Å²) >= 11 is 0. The third-order valence-corrected chi connectivity index (χ3v) is 7.15. The number of carbonyl (C=O) groups is 2. The van der Waals surface area contributed by atoms with Gasteiger partial charge in [0.05, 0.1) is 30.8 Å². The molecule has 0 saturated carbocycles. The van der Waals surface area contributed by atoms with Gasteiger partial charge in [-0.1, -0.05) is 27.2 Å². The molecule has 1 aromatic rings. The van der Waals surface area contributed by atoms with Gasteiger partial charge in [0.15, 0.2) is 27.9 Å². The van der Waals surface area contributed by atoms with E-state index in [1.54, 1.807) is 17.0 Å². The van der Waals surface area contributed by atoms with Crippen molar-refractivity contribution in [1.29, 1.82) is 0 Å². The molecule has 8 nitrogen and oxygen atoms in total. The van der Waals surface area contributed by atoms with Gasteiger partial charge in [-0.25, -0.2) is 13.2 Å². The molecule has 0 aromatic heterocycles. The molecule has 0 radical (unpaired) electrons. The topological polar surface area (TPSA) is 99.2 Å². The fourth-order valence-corrected chi connectivity index (χ4v) is 5.20. The highest BCUT2D eigenvalue weighted by Crippen LogP contribution is 2.29. The van der Waals surface area contributed by atoms with E-state index in [4.69, 9.17) is 14.2 Å². The van der Waals surface area contributed by atoms with Crippen LogP contribution >= 0.6 is 0 Å². The Labute approximate surface area is 191 Å². The van der Waals surface area contributed by atoms with E-state index in [1.807, 2.05) is 6.92 Å². The first kappa shape index (κ1) is 26.0. The fourth-order valence-electron chi connectivity index (χ4n) is 3.47. The minimum absolute atomic E-state index is 0.0358. The fraction of sp³-hybridized carbons (Fsp3) is 0.652. The monoisotopic (exact) mass is 469 g/mol. The quantitative estimate of drug-likeness (QED) is 0.434. The predicted molar refractivity (Wildman–Crippen MR) is 122 cm³/mol. The van der Waals surface area contributed by atoms with Crippen LogP contribution in [0.3, 0.4) is 0 Å². The molecule has 1 atom stereocenters. The Morgan fingerprint density at radius 3 is 2.56 bits per heavy atom. The molecule has 1 aliphatic rings. The van der Waals surface area contributed by atoms with Crippen molar-refractivity contribution >= 4 is 21.7 Å². The highest BCUT2D eigenvalue weighted by molar-refractivity contribution is 7.91. The highest BCUT2D eigenvalue weighted by atomic mass is 32.2. The number of nitrogens with zero attached hydrogens (tertiary/aromatic N) is 1. The van der Waals surface area contributed by atoms with Gasteiger partial charge in [-0.05, 0) is 43.4 Å². The summed E-state index contributed by atoms with van der Waals surface area (Å²) in [6, 6.07) is 4.38. The van der Waals surface area contributed by atoms with Gasteiger partial charge in [0.25, 0.3) is 5.91 Å². The lowest BCUT2D eigenvalue weighted by atomic mass is 10.1. The lowest BCUT2D eigenvalue weighted by molar-refractivity contribution is -0.136. The third-order valence-electron chi connectivity index (χ3n) is 5.40. The molecule has 1 aromatic carbocycles. The van der Waals surface area contributed by atoms with Crippen molar-refractivity contribution in [1.82, 2.24) is 4.90 Å². The van der Waals surface area contributed by atoms with E-state index in [0.29, 0.717) is 37.0 Å². The second-order valence-corrected chi connectivity index (χ2v) is 10.7. The molecule has 1 fully saturated rings. The van der Waals surface area contributed by atoms with E-state index in [-0.39, 0.29) is 29.0 Å². The summed E-state index contributed by atoms with van der Waals surface area (Å²) in [7, 11) is -1.63. The SMILES string of the molecule is CCCCN(C(=O)COC(=O)c1ccc(OCCC(C)C)c(OC)c1)C1CCS(=O)(=O)C1. The van der Waals surface area contributed by atoms with Crippen molar-refractivity contribution in [3.8, 4) is 11.5 Å². The number of esters is 1. The Balaban J connectivity index is 1.99. The van der Waals surface area contributed by atoms with Gasteiger partial charge in [-0.15, -0.1) is 0 Å². The van der Waals surface area contributed by atoms with Crippen LogP contribution in [-0.4, -0.2) is 69.6 Å². The molecule has 0 N–H and O–H groups in total. The Hall–Kier alpha value is -2.29. The van der Waals surface area contributed by atoms with Crippen LogP contribution in [0.15, 0.2) is 18.2 Å². The number of hydrogen-bond acceptors (Lipinski definition) is 7. The molecular weight excluding hydrogens is 434 g/mol. The number of methoxy groups -OCH3 is 1. The summed E-state index contributed by atoms with van der Waals surface area (Å²) in [6.07, 6.45) is 2.94. The third kappa shape index (κ3) is 7.69. The summed E-state index contributed by atoms with van der Waals surface area (Å²) in [5.41, 5.74) is 0.245. The van der Waals surface area contributed by atoms with E-state index in [0.717, 1.165) is 19.3 Å². The highest BCUT2D eigenvalue weighted by Gasteiger charge is 2.34. The molecule has 1 heterocycles. The minimum atomic E-state index is -3.12. The van der Waals surface area contributed by atoms with Crippen LogP contribution in [0.25, 0.3) is 0 Å². The average Bonchev–Trinajstić information content (AvgIpc) is 3.11. The Bertz CT molecular complexity index is 882. The molecule has 1 saturated heterocycles. The van der Waals surface area contributed by atoms with Crippen LogP contribution in [0.2, 0.25) is 0 Å². The first-order valence-corrected chi connectivity index (χ1v) is 13.0. The molecule has 0 bridgehead atoms. The van der Waals surface area contributed by atoms with Crippen molar-refractivity contribution < 1.29 is 32.2 Å². The first-order valence-electron chi connectivity index (χ1n) is 11.1. The van der Waals surface area contributed by atoms with Gasteiger partial charge in [0.2, 0.25) is 0 Å². The zero-order chi connectivity index (χ0) is 23.7. The van der Waals surface area contributed by atoms with Crippen LogP contribution in [0.1, 0.15) is 56.8 Å². The molecule has 32 heavy (non-hydrogen) atoms. The van der Waals surface area contributed by atoms with Crippen molar-refractivity contribution in [3.05, 3.63) is 23.8 Å². The lowest BCUT2D eigenvalue weighted by Crippen LogP contribution is -2.43. The van der Waals surface area contributed by atoms with Crippen LogP contribution < -0.4 is 9.47 Å².